The Morgan fingerprint density at radius 2 is 1.90 bits per heavy atom. The molecule has 0 aliphatic heterocycles. The predicted octanol–water partition coefficient (Wildman–Crippen LogP) is 4.42. The molecular formula is C16H19ClN2O. The van der Waals surface area contributed by atoms with E-state index in [2.05, 4.69) is 17.2 Å². The van der Waals surface area contributed by atoms with E-state index in [-0.39, 0.29) is 6.04 Å². The van der Waals surface area contributed by atoms with Gasteiger partial charge in [-0.05, 0) is 57.1 Å². The largest absolute Gasteiger partial charge is 0.438 e. The minimum Gasteiger partial charge on any atom is -0.438 e. The van der Waals surface area contributed by atoms with Crippen LogP contribution in [0, 0.1) is 13.8 Å². The first-order valence-electron chi connectivity index (χ1n) is 6.59. The molecule has 106 valence electrons. The lowest BCUT2D eigenvalue weighted by Gasteiger charge is -2.17. The van der Waals surface area contributed by atoms with Crippen LogP contribution in [0.4, 0.5) is 0 Å². The van der Waals surface area contributed by atoms with Gasteiger partial charge in [-0.1, -0.05) is 17.7 Å². The second-order valence-corrected chi connectivity index (χ2v) is 5.32. The number of hydrogen-bond acceptors (Lipinski definition) is 3. The third-order valence-corrected chi connectivity index (χ3v) is 3.54. The summed E-state index contributed by atoms with van der Waals surface area (Å²) in [7, 11) is 1.92. The molecule has 0 aliphatic carbocycles. The zero-order valence-corrected chi connectivity index (χ0v) is 13.0. The highest BCUT2D eigenvalue weighted by Gasteiger charge is 2.14. The van der Waals surface area contributed by atoms with Gasteiger partial charge in [0.05, 0.1) is 0 Å². The van der Waals surface area contributed by atoms with Gasteiger partial charge in [0.2, 0.25) is 5.88 Å². The van der Waals surface area contributed by atoms with E-state index >= 15 is 0 Å². The number of aromatic nitrogens is 1. The molecule has 1 aromatic heterocycles. The summed E-state index contributed by atoms with van der Waals surface area (Å²) in [4.78, 5) is 4.35. The van der Waals surface area contributed by atoms with Gasteiger partial charge in [0.25, 0.3) is 0 Å². The summed E-state index contributed by atoms with van der Waals surface area (Å²) in [5, 5.41) is 3.92. The molecule has 0 spiro atoms. The van der Waals surface area contributed by atoms with Crippen LogP contribution >= 0.6 is 11.6 Å². The maximum absolute atomic E-state index is 6.05. The van der Waals surface area contributed by atoms with Crippen LogP contribution in [-0.4, -0.2) is 12.0 Å². The molecule has 0 aliphatic rings. The van der Waals surface area contributed by atoms with E-state index in [1.165, 1.54) is 0 Å². The third-order valence-electron chi connectivity index (χ3n) is 3.32. The highest BCUT2D eigenvalue weighted by atomic mass is 35.5. The smallest absolute Gasteiger partial charge is 0.224 e. The van der Waals surface area contributed by atoms with Crippen molar-refractivity contribution in [1.29, 1.82) is 0 Å². The first-order valence-corrected chi connectivity index (χ1v) is 6.97. The van der Waals surface area contributed by atoms with E-state index < -0.39 is 0 Å². The number of ether oxygens (including phenoxy) is 1. The van der Waals surface area contributed by atoms with Crippen molar-refractivity contribution in [2.75, 3.05) is 7.05 Å². The van der Waals surface area contributed by atoms with Crippen molar-refractivity contribution >= 4 is 11.6 Å². The molecule has 1 aromatic carbocycles. The summed E-state index contributed by atoms with van der Waals surface area (Å²) in [6, 6.07) is 7.90. The molecule has 1 atom stereocenters. The van der Waals surface area contributed by atoms with Gasteiger partial charge in [-0.2, -0.15) is 0 Å². The standard InChI is InChI=1S/C16H19ClN2O/c1-10-8-13(17)9-11(2)15(10)20-16-14(12(3)18-4)6-5-7-19-16/h5-9,12,18H,1-4H3. The van der Waals surface area contributed by atoms with Crippen molar-refractivity contribution < 1.29 is 4.74 Å². The summed E-state index contributed by atoms with van der Waals surface area (Å²) >= 11 is 6.05. The van der Waals surface area contributed by atoms with Crippen LogP contribution in [-0.2, 0) is 0 Å². The van der Waals surface area contributed by atoms with Gasteiger partial charge in [0.1, 0.15) is 5.75 Å². The zero-order chi connectivity index (χ0) is 14.7. The first kappa shape index (κ1) is 14.8. The van der Waals surface area contributed by atoms with E-state index in [1.54, 1.807) is 6.20 Å². The van der Waals surface area contributed by atoms with Gasteiger partial charge in [-0.3, -0.25) is 0 Å². The van der Waals surface area contributed by atoms with E-state index in [4.69, 9.17) is 16.3 Å². The van der Waals surface area contributed by atoms with E-state index in [9.17, 15) is 0 Å². The molecule has 0 bridgehead atoms. The van der Waals surface area contributed by atoms with Gasteiger partial charge in [0, 0.05) is 22.8 Å². The van der Waals surface area contributed by atoms with Crippen molar-refractivity contribution in [3.05, 3.63) is 52.2 Å². The fourth-order valence-corrected chi connectivity index (χ4v) is 2.46. The Kier molecular flexibility index (Phi) is 4.63. The van der Waals surface area contributed by atoms with Crippen LogP contribution in [0.1, 0.15) is 29.7 Å². The molecule has 2 rings (SSSR count). The van der Waals surface area contributed by atoms with Gasteiger partial charge < -0.3 is 10.1 Å². The molecular weight excluding hydrogens is 272 g/mol. The summed E-state index contributed by atoms with van der Waals surface area (Å²) in [6.45, 7) is 6.04. The molecule has 1 N–H and O–H groups in total. The number of pyridine rings is 1. The van der Waals surface area contributed by atoms with Gasteiger partial charge in [0.15, 0.2) is 0 Å². The minimum atomic E-state index is 0.173. The van der Waals surface area contributed by atoms with Crippen LogP contribution in [0.3, 0.4) is 0 Å². The highest BCUT2D eigenvalue weighted by molar-refractivity contribution is 6.30. The minimum absolute atomic E-state index is 0.173. The Hall–Kier alpha value is -1.58. The summed E-state index contributed by atoms with van der Waals surface area (Å²) in [6.07, 6.45) is 1.74. The topological polar surface area (TPSA) is 34.2 Å². The maximum Gasteiger partial charge on any atom is 0.224 e. The summed E-state index contributed by atoms with van der Waals surface area (Å²) in [5.74, 6) is 1.44. The zero-order valence-electron chi connectivity index (χ0n) is 12.2. The van der Waals surface area contributed by atoms with E-state index in [0.717, 1.165) is 27.5 Å². The molecule has 0 radical (unpaired) electrons. The van der Waals surface area contributed by atoms with E-state index in [1.807, 2.05) is 45.2 Å². The number of halogens is 1. The lowest BCUT2D eigenvalue weighted by atomic mass is 10.1. The molecule has 0 amide bonds. The van der Waals surface area contributed by atoms with Crippen LogP contribution in [0.15, 0.2) is 30.5 Å². The number of benzene rings is 1. The molecule has 0 saturated carbocycles. The number of nitrogens with zero attached hydrogens (tertiary/aromatic N) is 1. The molecule has 1 heterocycles. The average molecular weight is 291 g/mol. The lowest BCUT2D eigenvalue weighted by Crippen LogP contribution is -2.13. The second-order valence-electron chi connectivity index (χ2n) is 4.88. The molecule has 0 fully saturated rings. The first-order chi connectivity index (χ1) is 9.52. The average Bonchev–Trinajstić information content (AvgIpc) is 2.42. The number of rotatable bonds is 4. The summed E-state index contributed by atoms with van der Waals surface area (Å²) < 4.78 is 6.04. The molecule has 3 nitrogen and oxygen atoms in total. The predicted molar refractivity (Wildman–Crippen MR) is 82.7 cm³/mol. The monoisotopic (exact) mass is 290 g/mol. The van der Waals surface area contributed by atoms with Gasteiger partial charge in [-0.25, -0.2) is 4.98 Å². The Bertz CT molecular complexity index is 590. The van der Waals surface area contributed by atoms with Crippen molar-refractivity contribution in [1.82, 2.24) is 10.3 Å². The van der Waals surface area contributed by atoms with Crippen molar-refractivity contribution in [2.45, 2.75) is 26.8 Å². The van der Waals surface area contributed by atoms with Crippen molar-refractivity contribution in [3.8, 4) is 11.6 Å². The number of nitrogens with one attached hydrogen (secondary N) is 1. The molecule has 2 aromatic rings. The number of aryl methyl sites for hydroxylation is 2. The number of hydrogen-bond donors (Lipinski definition) is 1. The van der Waals surface area contributed by atoms with Gasteiger partial charge >= 0.3 is 0 Å². The lowest BCUT2D eigenvalue weighted by molar-refractivity contribution is 0.441. The Morgan fingerprint density at radius 1 is 1.25 bits per heavy atom. The van der Waals surface area contributed by atoms with Crippen LogP contribution < -0.4 is 10.1 Å². The second kappa shape index (κ2) is 6.25. The highest BCUT2D eigenvalue weighted by Crippen LogP contribution is 2.33. The Labute approximate surface area is 124 Å². The normalized spacial score (nSPS) is 12.2. The fraction of sp³-hybridized carbons (Fsp3) is 0.312. The SMILES string of the molecule is CNC(C)c1cccnc1Oc1c(C)cc(Cl)cc1C. The maximum atomic E-state index is 6.05. The van der Waals surface area contributed by atoms with Crippen LogP contribution in [0.5, 0.6) is 11.6 Å². The van der Waals surface area contributed by atoms with Crippen LogP contribution in [0.2, 0.25) is 5.02 Å². The Morgan fingerprint density at radius 3 is 2.50 bits per heavy atom. The molecule has 4 heteroatoms. The molecule has 0 saturated heterocycles. The summed E-state index contributed by atoms with van der Waals surface area (Å²) in [5.41, 5.74) is 3.04. The quantitative estimate of drug-likeness (QED) is 0.905. The fourth-order valence-electron chi connectivity index (χ4n) is 2.13. The van der Waals surface area contributed by atoms with Crippen molar-refractivity contribution in [2.24, 2.45) is 0 Å². The third kappa shape index (κ3) is 3.11. The van der Waals surface area contributed by atoms with Gasteiger partial charge in [-0.15, -0.1) is 0 Å². The molecule has 20 heavy (non-hydrogen) atoms. The molecule has 1 unspecified atom stereocenters. The van der Waals surface area contributed by atoms with Crippen molar-refractivity contribution in [3.63, 3.8) is 0 Å². The van der Waals surface area contributed by atoms with Crippen LogP contribution in [0.25, 0.3) is 0 Å². The Balaban J connectivity index is 2.41. The van der Waals surface area contributed by atoms with E-state index in [0.29, 0.717) is 5.88 Å².